The Morgan fingerprint density at radius 2 is 1.77 bits per heavy atom. The van der Waals surface area contributed by atoms with Crippen LogP contribution < -0.4 is 5.73 Å². The molecule has 0 saturated carbocycles. The number of ketones is 1. The number of rotatable bonds is 10. The fraction of sp³-hybridized carbons (Fsp3) is 0.513. The maximum absolute atomic E-state index is 12.0. The van der Waals surface area contributed by atoms with Crippen LogP contribution in [-0.4, -0.2) is 55.6 Å². The summed E-state index contributed by atoms with van der Waals surface area (Å²) in [6, 6.07) is 7.14. The van der Waals surface area contributed by atoms with Crippen molar-refractivity contribution in [3.8, 4) is 22.8 Å². The second-order valence-electron chi connectivity index (χ2n) is 14.0. The molecule has 1 aromatic heterocycles. The zero-order valence-corrected chi connectivity index (χ0v) is 31.1. The van der Waals surface area contributed by atoms with E-state index in [9.17, 15) is 15.0 Å². The number of carbonyl (C=O) groups excluding carboxylic acids is 1. The molecule has 8 nitrogen and oxygen atoms in total. The maximum Gasteiger partial charge on any atom is 0.179 e. The van der Waals surface area contributed by atoms with Gasteiger partial charge in [-0.3, -0.25) is 9.89 Å². The number of hydrogen-bond acceptors (Lipinski definition) is 6. The van der Waals surface area contributed by atoms with E-state index in [0.29, 0.717) is 16.9 Å². The van der Waals surface area contributed by atoms with E-state index in [2.05, 4.69) is 68.4 Å². The number of aromatic amines is 1. The van der Waals surface area contributed by atoms with Crippen molar-refractivity contribution in [2.24, 2.45) is 16.6 Å². The van der Waals surface area contributed by atoms with Crippen molar-refractivity contribution in [3.05, 3.63) is 69.8 Å². The Hall–Kier alpha value is -3.62. The number of nitrogens with zero attached hydrogens (tertiary/aromatic N) is 3. The first-order valence-electron chi connectivity index (χ1n) is 17.3. The topological polar surface area (TPSA) is 128 Å². The van der Waals surface area contributed by atoms with Crippen molar-refractivity contribution in [3.63, 3.8) is 0 Å². The zero-order valence-electron chi connectivity index (χ0n) is 30.4. The number of aliphatic imine (C=N–C) groups is 1. The predicted molar refractivity (Wildman–Crippen MR) is 200 cm³/mol. The van der Waals surface area contributed by atoms with Crippen LogP contribution in [0.5, 0.6) is 11.5 Å². The van der Waals surface area contributed by atoms with Crippen LogP contribution in [0.1, 0.15) is 126 Å². The lowest BCUT2D eigenvalue weighted by Gasteiger charge is -2.37. The van der Waals surface area contributed by atoms with E-state index in [0.717, 1.165) is 78.4 Å². The van der Waals surface area contributed by atoms with Crippen LogP contribution in [0.2, 0.25) is 5.02 Å². The Kier molecular flexibility index (Phi) is 13.5. The normalized spacial score (nSPS) is 15.4. The number of nitrogens with one attached hydrogen (secondary N) is 1. The van der Waals surface area contributed by atoms with Gasteiger partial charge in [0.15, 0.2) is 11.6 Å². The molecule has 1 unspecified atom stereocenters. The Balaban J connectivity index is 0.000000311. The van der Waals surface area contributed by atoms with Gasteiger partial charge in [0, 0.05) is 41.7 Å². The van der Waals surface area contributed by atoms with E-state index in [1.807, 2.05) is 33.8 Å². The first kappa shape index (κ1) is 38.8. The van der Waals surface area contributed by atoms with E-state index in [-0.39, 0.29) is 40.6 Å². The molecule has 1 aliphatic rings. The van der Waals surface area contributed by atoms with Gasteiger partial charge in [0.2, 0.25) is 0 Å². The van der Waals surface area contributed by atoms with Gasteiger partial charge in [-0.05, 0) is 80.2 Å². The third kappa shape index (κ3) is 9.08. The molecule has 2 heterocycles. The minimum atomic E-state index is -0.141. The van der Waals surface area contributed by atoms with Gasteiger partial charge in [-0.1, -0.05) is 85.2 Å². The number of hydrogen-bond donors (Lipinski definition) is 4. The first-order valence-corrected chi connectivity index (χ1v) is 17.7. The summed E-state index contributed by atoms with van der Waals surface area (Å²) in [4.78, 5) is 19.2. The van der Waals surface area contributed by atoms with Crippen molar-refractivity contribution < 1.29 is 15.0 Å². The molecule has 0 amide bonds. The molecule has 1 atom stereocenters. The van der Waals surface area contributed by atoms with Crippen LogP contribution in [0.25, 0.3) is 11.3 Å². The van der Waals surface area contributed by atoms with E-state index >= 15 is 0 Å². The molecule has 0 spiro atoms. The van der Waals surface area contributed by atoms with Crippen LogP contribution in [0.15, 0.2) is 41.9 Å². The SMILES string of the molecule is C=CC(=Nc1n[nH]c(-c2ccc(CCC)c(C)c2Cl)c1C(C)C)N1CCC(C)(N)CC1.CCC(C)C(=O)c1cc(C(C)C)c(O)cc1O. The second kappa shape index (κ2) is 16.7. The number of carbonyl (C=O) groups is 1. The molecular weight excluding hydrogens is 622 g/mol. The average Bonchev–Trinajstić information content (AvgIpc) is 3.45. The third-order valence-electron chi connectivity index (χ3n) is 9.37. The number of halogens is 1. The quantitative estimate of drug-likeness (QED) is 0.0961. The van der Waals surface area contributed by atoms with E-state index in [4.69, 9.17) is 22.3 Å². The number of likely N-dealkylation sites (tertiary alicyclic amines) is 1. The Bertz CT molecular complexity index is 1610. The number of benzene rings is 2. The van der Waals surface area contributed by atoms with Crippen LogP contribution >= 0.6 is 11.6 Å². The molecule has 48 heavy (non-hydrogen) atoms. The van der Waals surface area contributed by atoms with Gasteiger partial charge in [-0.15, -0.1) is 0 Å². The fourth-order valence-electron chi connectivity index (χ4n) is 5.94. The van der Waals surface area contributed by atoms with Crippen LogP contribution in [0.3, 0.4) is 0 Å². The van der Waals surface area contributed by atoms with E-state index in [1.54, 1.807) is 6.07 Å². The Labute approximate surface area is 292 Å². The summed E-state index contributed by atoms with van der Waals surface area (Å²) in [5.41, 5.74) is 12.6. The molecule has 2 aromatic carbocycles. The molecule has 0 aliphatic carbocycles. The molecular formula is C39H56ClN5O3. The first-order chi connectivity index (χ1) is 22.6. The number of aromatic nitrogens is 2. The number of aromatic hydroxyl groups is 2. The van der Waals surface area contributed by atoms with Gasteiger partial charge in [0.1, 0.15) is 17.3 Å². The molecule has 4 rings (SSSR count). The lowest BCUT2D eigenvalue weighted by atomic mass is 9.91. The van der Waals surface area contributed by atoms with Crippen molar-refractivity contribution in [2.75, 3.05) is 13.1 Å². The highest BCUT2D eigenvalue weighted by Gasteiger charge is 2.28. The number of H-pyrrole nitrogens is 1. The second-order valence-corrected chi connectivity index (χ2v) is 14.4. The molecule has 0 radical (unpaired) electrons. The lowest BCUT2D eigenvalue weighted by molar-refractivity contribution is 0.0924. The average molecular weight is 678 g/mol. The highest BCUT2D eigenvalue weighted by Crippen LogP contribution is 2.40. The number of Topliss-reactive ketones (excluding diaryl/α,β-unsaturated/α-hetero) is 1. The lowest BCUT2D eigenvalue weighted by Crippen LogP contribution is -2.49. The molecule has 1 fully saturated rings. The minimum Gasteiger partial charge on any atom is -0.508 e. The summed E-state index contributed by atoms with van der Waals surface area (Å²) in [5.74, 6) is 1.59. The van der Waals surface area contributed by atoms with Crippen LogP contribution in [-0.2, 0) is 6.42 Å². The summed E-state index contributed by atoms with van der Waals surface area (Å²) >= 11 is 6.82. The van der Waals surface area contributed by atoms with Crippen molar-refractivity contribution >= 4 is 29.0 Å². The van der Waals surface area contributed by atoms with Crippen molar-refractivity contribution in [1.82, 2.24) is 15.1 Å². The molecule has 0 bridgehead atoms. The highest BCUT2D eigenvalue weighted by atomic mass is 35.5. The molecule has 3 aromatic rings. The van der Waals surface area contributed by atoms with Crippen molar-refractivity contribution in [1.29, 1.82) is 0 Å². The van der Waals surface area contributed by atoms with Crippen LogP contribution in [0.4, 0.5) is 5.82 Å². The third-order valence-corrected chi connectivity index (χ3v) is 9.86. The molecule has 5 N–H and O–H groups in total. The molecule has 1 saturated heterocycles. The summed E-state index contributed by atoms with van der Waals surface area (Å²) in [7, 11) is 0. The maximum atomic E-state index is 12.0. The minimum absolute atomic E-state index is 0.0400. The summed E-state index contributed by atoms with van der Waals surface area (Å²) in [6.07, 6.45) is 6.54. The largest absolute Gasteiger partial charge is 0.508 e. The Morgan fingerprint density at radius 1 is 1.12 bits per heavy atom. The smallest absolute Gasteiger partial charge is 0.179 e. The highest BCUT2D eigenvalue weighted by molar-refractivity contribution is 6.34. The van der Waals surface area contributed by atoms with Gasteiger partial charge < -0.3 is 20.8 Å². The number of nitrogens with two attached hydrogens (primary N) is 1. The van der Waals surface area contributed by atoms with Crippen molar-refractivity contribution in [2.45, 2.75) is 112 Å². The standard InChI is InChI=1S/C25H36ClN5.C14H20O3/c1-7-9-18-10-11-19(22(26)17(18)5)23-21(16(3)4)24(30-29-23)28-20(8-2)31-14-12-25(6,27)13-15-31;1-5-9(4)14(17)11-6-10(8(2)3)12(15)7-13(11)16/h8,10-11,16H,2,7,9,12-15,27H2,1,3-6H3,(H,29,30);6-9,15-16H,5H2,1-4H3. The number of phenolic OH excluding ortho intramolecular Hbond substituents is 2. The van der Waals surface area contributed by atoms with Gasteiger partial charge in [-0.2, -0.15) is 5.10 Å². The fourth-order valence-corrected chi connectivity index (χ4v) is 6.22. The molecule has 9 heteroatoms. The number of amidine groups is 1. The van der Waals surface area contributed by atoms with Gasteiger partial charge in [0.25, 0.3) is 0 Å². The van der Waals surface area contributed by atoms with E-state index in [1.165, 1.54) is 11.6 Å². The number of piperidine rings is 1. The predicted octanol–water partition coefficient (Wildman–Crippen LogP) is 9.59. The molecule has 262 valence electrons. The molecule has 1 aliphatic heterocycles. The monoisotopic (exact) mass is 677 g/mol. The number of phenols is 2. The number of aryl methyl sites for hydroxylation is 1. The van der Waals surface area contributed by atoms with Gasteiger partial charge in [0.05, 0.1) is 16.3 Å². The summed E-state index contributed by atoms with van der Waals surface area (Å²) < 4.78 is 0. The van der Waals surface area contributed by atoms with E-state index < -0.39 is 0 Å². The van der Waals surface area contributed by atoms with Crippen LogP contribution in [0, 0.1) is 12.8 Å². The summed E-state index contributed by atoms with van der Waals surface area (Å²) in [5, 5.41) is 28.0. The zero-order chi connectivity index (χ0) is 35.9. The van der Waals surface area contributed by atoms with Gasteiger partial charge >= 0.3 is 0 Å². The Morgan fingerprint density at radius 3 is 2.31 bits per heavy atom. The summed E-state index contributed by atoms with van der Waals surface area (Å²) in [6.45, 7) is 24.1. The van der Waals surface area contributed by atoms with Gasteiger partial charge in [-0.25, -0.2) is 4.99 Å².